The average Bonchev–Trinajstić information content (AvgIpc) is 2.62. The number of carbonyl (C=O) groups is 1. The maximum atomic E-state index is 13.0. The van der Waals surface area contributed by atoms with Gasteiger partial charge in [0.2, 0.25) is 0 Å². The Balaban J connectivity index is 2.09. The molecule has 128 valence electrons. The van der Waals surface area contributed by atoms with E-state index in [1.807, 2.05) is 30.3 Å². The molecule has 1 atom stereocenters. The van der Waals surface area contributed by atoms with E-state index in [-0.39, 0.29) is 23.3 Å². The van der Waals surface area contributed by atoms with Gasteiger partial charge in [-0.1, -0.05) is 29.8 Å². The highest BCUT2D eigenvalue weighted by atomic mass is 35.5. The lowest BCUT2D eigenvalue weighted by atomic mass is 9.97. The van der Waals surface area contributed by atoms with Crippen molar-refractivity contribution in [3.8, 4) is 5.75 Å². The number of methoxy groups -OCH3 is 1. The van der Waals surface area contributed by atoms with E-state index in [1.54, 1.807) is 42.4 Å². The van der Waals surface area contributed by atoms with E-state index in [1.165, 1.54) is 6.92 Å². The minimum Gasteiger partial charge on any atom is -0.512 e. The highest BCUT2D eigenvalue weighted by molar-refractivity contribution is 6.30. The van der Waals surface area contributed by atoms with Gasteiger partial charge in [-0.3, -0.25) is 9.69 Å². The largest absolute Gasteiger partial charge is 0.512 e. The number of aliphatic hydroxyl groups is 1. The summed E-state index contributed by atoms with van der Waals surface area (Å²) in [5.41, 5.74) is 1.92. The molecule has 0 aliphatic carbocycles. The Bertz CT molecular complexity index is 834. The summed E-state index contributed by atoms with van der Waals surface area (Å²) in [4.78, 5) is 14.6. The number of hydrogen-bond donors (Lipinski definition) is 1. The summed E-state index contributed by atoms with van der Waals surface area (Å²) in [6.45, 7) is 1.51. The Hall–Kier alpha value is -2.72. The molecule has 0 saturated carbocycles. The van der Waals surface area contributed by atoms with Crippen molar-refractivity contribution in [2.24, 2.45) is 0 Å². The zero-order chi connectivity index (χ0) is 18.0. The third-order valence-electron chi connectivity index (χ3n) is 4.12. The summed E-state index contributed by atoms with van der Waals surface area (Å²) in [6.07, 6.45) is 3.56. The number of anilines is 1. The SMILES string of the molecule is COc1ccc(C2C=C/C(=C(/C)O)C(=O)N2c2ccc(Cl)cc2)cc1. The first-order valence-corrected chi connectivity index (χ1v) is 8.20. The zero-order valence-electron chi connectivity index (χ0n) is 13.9. The molecule has 0 fully saturated rings. The summed E-state index contributed by atoms with van der Waals surface area (Å²) in [7, 11) is 1.61. The van der Waals surface area contributed by atoms with E-state index in [0.717, 1.165) is 11.3 Å². The van der Waals surface area contributed by atoms with Crippen LogP contribution in [0.25, 0.3) is 0 Å². The molecule has 1 aliphatic rings. The van der Waals surface area contributed by atoms with Gasteiger partial charge in [-0.2, -0.15) is 0 Å². The van der Waals surface area contributed by atoms with Crippen molar-refractivity contribution in [2.75, 3.05) is 12.0 Å². The first kappa shape index (κ1) is 17.1. The van der Waals surface area contributed by atoms with Gasteiger partial charge in [0.15, 0.2) is 0 Å². The van der Waals surface area contributed by atoms with Gasteiger partial charge in [-0.15, -0.1) is 0 Å². The minimum atomic E-state index is -0.289. The van der Waals surface area contributed by atoms with Crippen molar-refractivity contribution in [3.05, 3.63) is 82.6 Å². The molecular formula is C20H18ClNO3. The van der Waals surface area contributed by atoms with E-state index in [9.17, 15) is 9.90 Å². The molecule has 0 aromatic heterocycles. The molecule has 3 rings (SSSR count). The number of carbonyl (C=O) groups excluding carboxylic acids is 1. The van der Waals surface area contributed by atoms with Crippen LogP contribution >= 0.6 is 11.6 Å². The molecule has 2 aromatic carbocycles. The van der Waals surface area contributed by atoms with Gasteiger partial charge in [0, 0.05) is 10.7 Å². The maximum absolute atomic E-state index is 13.0. The number of halogens is 1. The monoisotopic (exact) mass is 355 g/mol. The molecule has 1 heterocycles. The molecule has 1 amide bonds. The minimum absolute atomic E-state index is 0.00612. The predicted octanol–water partition coefficient (Wildman–Crippen LogP) is 4.82. The Labute approximate surface area is 151 Å². The molecule has 1 unspecified atom stereocenters. The average molecular weight is 356 g/mol. The van der Waals surface area contributed by atoms with Crippen LogP contribution in [-0.2, 0) is 4.79 Å². The van der Waals surface area contributed by atoms with E-state index in [0.29, 0.717) is 10.7 Å². The smallest absolute Gasteiger partial charge is 0.262 e. The Morgan fingerprint density at radius 2 is 1.76 bits per heavy atom. The molecule has 2 aromatic rings. The summed E-state index contributed by atoms with van der Waals surface area (Å²) in [6, 6.07) is 14.3. The van der Waals surface area contributed by atoms with Gasteiger partial charge in [0.25, 0.3) is 5.91 Å². The van der Waals surface area contributed by atoms with Crippen LogP contribution in [-0.4, -0.2) is 18.1 Å². The fourth-order valence-corrected chi connectivity index (χ4v) is 2.94. The lowest BCUT2D eigenvalue weighted by Crippen LogP contribution is -2.37. The van der Waals surface area contributed by atoms with Crippen molar-refractivity contribution >= 4 is 23.2 Å². The van der Waals surface area contributed by atoms with Crippen LogP contribution in [0.15, 0.2) is 72.0 Å². The second-order valence-corrected chi connectivity index (χ2v) is 6.16. The van der Waals surface area contributed by atoms with Gasteiger partial charge in [0.1, 0.15) is 11.5 Å². The predicted molar refractivity (Wildman–Crippen MR) is 99.1 cm³/mol. The molecule has 0 bridgehead atoms. The Kier molecular flexibility index (Phi) is 4.81. The molecule has 1 N–H and O–H groups in total. The first-order valence-electron chi connectivity index (χ1n) is 7.82. The second kappa shape index (κ2) is 7.03. The Morgan fingerprint density at radius 3 is 2.32 bits per heavy atom. The van der Waals surface area contributed by atoms with E-state index in [2.05, 4.69) is 0 Å². The fourth-order valence-electron chi connectivity index (χ4n) is 2.82. The lowest BCUT2D eigenvalue weighted by molar-refractivity contribution is -0.115. The molecule has 0 radical (unpaired) electrons. The summed E-state index contributed by atoms with van der Waals surface area (Å²) in [5, 5.41) is 10.4. The molecule has 25 heavy (non-hydrogen) atoms. The van der Waals surface area contributed by atoms with E-state index in [4.69, 9.17) is 16.3 Å². The standard InChI is InChI=1S/C20H18ClNO3/c1-13(23)18-11-12-19(14-3-9-17(25-2)10-4-14)22(20(18)24)16-7-5-15(21)6-8-16/h3-12,19,23H,1-2H3/b18-13+. The second-order valence-electron chi connectivity index (χ2n) is 5.73. The van der Waals surface area contributed by atoms with Crippen LogP contribution in [0.5, 0.6) is 5.75 Å². The molecular weight excluding hydrogens is 338 g/mol. The van der Waals surface area contributed by atoms with E-state index < -0.39 is 0 Å². The summed E-state index contributed by atoms with van der Waals surface area (Å²) >= 11 is 5.97. The maximum Gasteiger partial charge on any atom is 0.262 e. The number of benzene rings is 2. The molecule has 5 heteroatoms. The number of amides is 1. The normalized spacial score (nSPS) is 19.1. The highest BCUT2D eigenvalue weighted by Crippen LogP contribution is 2.35. The van der Waals surface area contributed by atoms with Crippen LogP contribution in [0.1, 0.15) is 18.5 Å². The number of nitrogens with zero attached hydrogens (tertiary/aromatic N) is 1. The molecule has 4 nitrogen and oxygen atoms in total. The third-order valence-corrected chi connectivity index (χ3v) is 4.38. The highest BCUT2D eigenvalue weighted by Gasteiger charge is 2.31. The quantitative estimate of drug-likeness (QED) is 0.634. The third kappa shape index (κ3) is 3.39. The van der Waals surface area contributed by atoms with Crippen LogP contribution < -0.4 is 9.64 Å². The van der Waals surface area contributed by atoms with Crippen molar-refractivity contribution in [2.45, 2.75) is 13.0 Å². The van der Waals surface area contributed by atoms with Crippen LogP contribution in [0.4, 0.5) is 5.69 Å². The Morgan fingerprint density at radius 1 is 1.12 bits per heavy atom. The topological polar surface area (TPSA) is 49.8 Å². The number of allylic oxidation sites excluding steroid dienone is 1. The fraction of sp³-hybridized carbons (Fsp3) is 0.150. The molecule has 1 aliphatic heterocycles. The first-order chi connectivity index (χ1) is 12.0. The summed E-state index contributed by atoms with van der Waals surface area (Å²) < 4.78 is 5.20. The van der Waals surface area contributed by atoms with Crippen molar-refractivity contribution in [1.82, 2.24) is 0 Å². The van der Waals surface area contributed by atoms with Gasteiger partial charge in [0.05, 0.1) is 18.7 Å². The lowest BCUT2D eigenvalue weighted by Gasteiger charge is -2.34. The van der Waals surface area contributed by atoms with Gasteiger partial charge < -0.3 is 9.84 Å². The van der Waals surface area contributed by atoms with Crippen LogP contribution in [0.2, 0.25) is 5.02 Å². The summed E-state index contributed by atoms with van der Waals surface area (Å²) in [5.74, 6) is 0.485. The van der Waals surface area contributed by atoms with Gasteiger partial charge >= 0.3 is 0 Å². The van der Waals surface area contributed by atoms with E-state index >= 15 is 0 Å². The van der Waals surface area contributed by atoms with Gasteiger partial charge in [-0.25, -0.2) is 0 Å². The van der Waals surface area contributed by atoms with Crippen LogP contribution in [0, 0.1) is 0 Å². The van der Waals surface area contributed by atoms with Crippen LogP contribution in [0.3, 0.4) is 0 Å². The number of aliphatic hydroxyl groups excluding tert-OH is 1. The molecule has 0 spiro atoms. The number of ether oxygens (including phenoxy) is 1. The molecule has 0 saturated heterocycles. The van der Waals surface area contributed by atoms with Crippen molar-refractivity contribution < 1.29 is 14.6 Å². The zero-order valence-corrected chi connectivity index (χ0v) is 14.7. The number of hydrogen-bond acceptors (Lipinski definition) is 3. The van der Waals surface area contributed by atoms with Crippen molar-refractivity contribution in [3.63, 3.8) is 0 Å². The van der Waals surface area contributed by atoms with Gasteiger partial charge in [-0.05, 0) is 55.0 Å². The van der Waals surface area contributed by atoms with Crippen molar-refractivity contribution in [1.29, 1.82) is 0 Å². The number of rotatable bonds is 3.